The molecule has 1 N–H and O–H groups in total. The molecule has 1 aromatic heterocycles. The Balaban J connectivity index is 1.86. The Bertz CT molecular complexity index is 1400. The number of benzene rings is 3. The summed E-state index contributed by atoms with van der Waals surface area (Å²) in [7, 11) is 4.66. The first-order chi connectivity index (χ1) is 18.5. The second-order valence-corrected chi connectivity index (χ2v) is 8.22. The third-order valence-corrected chi connectivity index (χ3v) is 5.69. The molecule has 0 aliphatic rings. The van der Waals surface area contributed by atoms with E-state index in [9.17, 15) is 5.11 Å². The van der Waals surface area contributed by atoms with Gasteiger partial charge >= 0.3 is 0 Å². The van der Waals surface area contributed by atoms with Gasteiger partial charge < -0.3 is 33.3 Å². The third kappa shape index (κ3) is 6.15. The summed E-state index contributed by atoms with van der Waals surface area (Å²) in [6.07, 6.45) is -1.17. The fourth-order valence-corrected chi connectivity index (χ4v) is 3.87. The average molecular weight is 516 g/mol. The molecule has 3 aromatic carbocycles. The maximum atomic E-state index is 11.1. The highest BCUT2D eigenvalue weighted by molar-refractivity contribution is 5.85. The number of ether oxygens (including phenoxy) is 5. The van der Waals surface area contributed by atoms with Crippen molar-refractivity contribution in [3.05, 3.63) is 83.6 Å². The second kappa shape index (κ2) is 12.8. The number of hydrogen-bond donors (Lipinski definition) is 1. The SMILES string of the molecule is COCOc1cc(OCOC)c(C(O)C#Cc2ccccc2)cc1-c1noc(C)c1-c1ccc(OC)cc1. The molecular weight excluding hydrogens is 486 g/mol. The topological polar surface area (TPSA) is 92.4 Å². The van der Waals surface area contributed by atoms with E-state index in [1.54, 1.807) is 19.2 Å². The monoisotopic (exact) mass is 515 g/mol. The lowest BCUT2D eigenvalue weighted by molar-refractivity contribution is 0.0449. The second-order valence-electron chi connectivity index (χ2n) is 8.22. The van der Waals surface area contributed by atoms with Crippen molar-refractivity contribution < 1.29 is 33.3 Å². The molecule has 4 aromatic rings. The lowest BCUT2D eigenvalue weighted by atomic mass is 9.96. The minimum absolute atomic E-state index is 0.0128. The first-order valence-electron chi connectivity index (χ1n) is 11.8. The normalized spacial score (nSPS) is 11.4. The van der Waals surface area contributed by atoms with Crippen LogP contribution in [0.3, 0.4) is 0 Å². The number of nitrogens with zero attached hydrogens (tertiary/aromatic N) is 1. The van der Waals surface area contributed by atoms with Crippen LogP contribution in [0.25, 0.3) is 22.4 Å². The Hall–Kier alpha value is -4.29. The highest BCUT2D eigenvalue weighted by Gasteiger charge is 2.24. The maximum absolute atomic E-state index is 11.1. The van der Waals surface area contributed by atoms with Crippen molar-refractivity contribution >= 4 is 0 Å². The molecule has 0 spiro atoms. The molecule has 0 saturated carbocycles. The van der Waals surface area contributed by atoms with Gasteiger partial charge in [0.05, 0.1) is 12.7 Å². The van der Waals surface area contributed by atoms with Crippen LogP contribution in [0.4, 0.5) is 0 Å². The summed E-state index contributed by atoms with van der Waals surface area (Å²) >= 11 is 0. The predicted molar refractivity (Wildman–Crippen MR) is 142 cm³/mol. The molecule has 8 nitrogen and oxygen atoms in total. The van der Waals surface area contributed by atoms with Crippen molar-refractivity contribution in [1.82, 2.24) is 5.16 Å². The molecule has 0 saturated heterocycles. The lowest BCUT2D eigenvalue weighted by Gasteiger charge is -2.18. The van der Waals surface area contributed by atoms with Crippen molar-refractivity contribution in [2.24, 2.45) is 0 Å². The zero-order chi connectivity index (χ0) is 26.9. The molecule has 1 unspecified atom stereocenters. The van der Waals surface area contributed by atoms with Crippen LogP contribution in [-0.4, -0.2) is 45.2 Å². The van der Waals surface area contributed by atoms with E-state index in [2.05, 4.69) is 17.0 Å². The van der Waals surface area contributed by atoms with Crippen molar-refractivity contribution in [3.63, 3.8) is 0 Å². The number of aryl methyl sites for hydroxylation is 1. The highest BCUT2D eigenvalue weighted by atomic mass is 16.7. The van der Waals surface area contributed by atoms with Gasteiger partial charge in [0, 0.05) is 37.0 Å². The maximum Gasteiger partial charge on any atom is 0.188 e. The molecule has 8 heteroatoms. The Morgan fingerprint density at radius 3 is 2.24 bits per heavy atom. The first-order valence-corrected chi connectivity index (χ1v) is 11.8. The van der Waals surface area contributed by atoms with Crippen molar-refractivity contribution in [3.8, 4) is 51.5 Å². The van der Waals surface area contributed by atoms with E-state index in [1.807, 2.05) is 61.5 Å². The molecule has 0 aliphatic carbocycles. The number of aliphatic hydroxyl groups excluding tert-OH is 1. The highest BCUT2D eigenvalue weighted by Crippen LogP contribution is 2.43. The quantitative estimate of drug-likeness (QED) is 0.222. The summed E-state index contributed by atoms with van der Waals surface area (Å²) in [4.78, 5) is 0. The van der Waals surface area contributed by atoms with Gasteiger partial charge in [0.2, 0.25) is 0 Å². The van der Waals surface area contributed by atoms with E-state index >= 15 is 0 Å². The molecule has 4 rings (SSSR count). The van der Waals surface area contributed by atoms with Crippen molar-refractivity contribution in [2.45, 2.75) is 13.0 Å². The van der Waals surface area contributed by atoms with Gasteiger partial charge in [0.15, 0.2) is 13.6 Å². The molecule has 0 aliphatic heterocycles. The Morgan fingerprint density at radius 1 is 0.895 bits per heavy atom. The Kier molecular flexibility index (Phi) is 9.01. The van der Waals surface area contributed by atoms with Gasteiger partial charge in [-0.3, -0.25) is 0 Å². The van der Waals surface area contributed by atoms with Gasteiger partial charge in [-0.15, -0.1) is 0 Å². The number of methoxy groups -OCH3 is 3. The van der Waals surface area contributed by atoms with Gasteiger partial charge in [0.25, 0.3) is 0 Å². The minimum atomic E-state index is -1.17. The van der Waals surface area contributed by atoms with Crippen LogP contribution >= 0.6 is 0 Å². The molecule has 196 valence electrons. The minimum Gasteiger partial charge on any atom is -0.497 e. The van der Waals surface area contributed by atoms with E-state index in [1.165, 1.54) is 14.2 Å². The average Bonchev–Trinajstić information content (AvgIpc) is 3.34. The first kappa shape index (κ1) is 26.8. The predicted octanol–water partition coefficient (Wildman–Crippen LogP) is 5.38. The molecule has 0 bridgehead atoms. The van der Waals surface area contributed by atoms with E-state index < -0.39 is 6.10 Å². The molecule has 0 amide bonds. The van der Waals surface area contributed by atoms with Gasteiger partial charge in [-0.25, -0.2) is 0 Å². The third-order valence-electron chi connectivity index (χ3n) is 5.69. The Labute approximate surface area is 221 Å². The zero-order valence-corrected chi connectivity index (χ0v) is 21.7. The van der Waals surface area contributed by atoms with Crippen molar-refractivity contribution in [1.29, 1.82) is 0 Å². The standard InChI is InChI=1S/C30H29NO7/c1-20-29(22-11-13-23(35-4)14-12-22)30(31-38-20)25-16-24(26(32)15-10-21-8-6-5-7-9-21)27(36-18-33-2)17-28(25)37-19-34-3/h5-9,11-14,16-17,26,32H,18-19H2,1-4H3. The largest absolute Gasteiger partial charge is 0.497 e. The summed E-state index contributed by atoms with van der Waals surface area (Å²) in [5.41, 5.74) is 3.96. The van der Waals surface area contributed by atoms with Crippen LogP contribution in [0, 0.1) is 18.8 Å². The Morgan fingerprint density at radius 2 is 1.58 bits per heavy atom. The molecule has 1 heterocycles. The summed E-state index contributed by atoms with van der Waals surface area (Å²) in [6, 6.07) is 20.4. The number of aromatic nitrogens is 1. The summed E-state index contributed by atoms with van der Waals surface area (Å²) in [5.74, 6) is 8.03. The van der Waals surface area contributed by atoms with E-state index in [0.29, 0.717) is 34.1 Å². The van der Waals surface area contributed by atoms with Crippen LogP contribution in [0.2, 0.25) is 0 Å². The molecule has 0 radical (unpaired) electrons. The summed E-state index contributed by atoms with van der Waals surface area (Å²) < 4.78 is 32.9. The van der Waals surface area contributed by atoms with Crippen LogP contribution in [0.5, 0.6) is 17.2 Å². The smallest absolute Gasteiger partial charge is 0.188 e. The van der Waals surface area contributed by atoms with Gasteiger partial charge in [0.1, 0.15) is 34.8 Å². The van der Waals surface area contributed by atoms with Crippen LogP contribution in [-0.2, 0) is 9.47 Å². The number of rotatable bonds is 10. The lowest BCUT2D eigenvalue weighted by Crippen LogP contribution is -2.07. The number of hydrogen-bond acceptors (Lipinski definition) is 8. The zero-order valence-electron chi connectivity index (χ0n) is 21.7. The molecule has 38 heavy (non-hydrogen) atoms. The van der Waals surface area contributed by atoms with E-state index in [4.69, 9.17) is 28.2 Å². The van der Waals surface area contributed by atoms with Gasteiger partial charge in [-0.1, -0.05) is 47.3 Å². The fraction of sp³-hybridized carbons (Fsp3) is 0.233. The van der Waals surface area contributed by atoms with Crippen LogP contribution in [0.15, 0.2) is 71.3 Å². The molecule has 1 atom stereocenters. The van der Waals surface area contributed by atoms with Gasteiger partial charge in [-0.2, -0.15) is 0 Å². The van der Waals surface area contributed by atoms with Gasteiger partial charge in [-0.05, 0) is 42.8 Å². The number of aliphatic hydroxyl groups is 1. The van der Waals surface area contributed by atoms with Crippen LogP contribution < -0.4 is 14.2 Å². The molecular formula is C30H29NO7. The van der Waals surface area contributed by atoms with Crippen molar-refractivity contribution in [2.75, 3.05) is 34.9 Å². The van der Waals surface area contributed by atoms with Crippen LogP contribution in [0.1, 0.15) is 23.0 Å². The summed E-state index contributed by atoms with van der Waals surface area (Å²) in [6.45, 7) is 1.79. The molecule has 0 fully saturated rings. The fourth-order valence-electron chi connectivity index (χ4n) is 3.87. The van der Waals surface area contributed by atoms with E-state index in [0.717, 1.165) is 22.4 Å². The summed E-state index contributed by atoms with van der Waals surface area (Å²) in [5, 5.41) is 15.5. The van der Waals surface area contributed by atoms with E-state index in [-0.39, 0.29) is 13.6 Å².